The van der Waals surface area contributed by atoms with Crippen molar-refractivity contribution in [3.8, 4) is 11.5 Å². The minimum absolute atomic E-state index is 0.0226. The van der Waals surface area contributed by atoms with E-state index in [4.69, 9.17) is 4.74 Å². The standard InChI is InChI=1S/C32H33N3O5S/c1-32(2,3)24-19-17-23(18-20-24)31(37)34-26-12-10-11-25(21-26)33-30(36)22-35(41(4,38)39)28-15-8-9-16-29(28)40-27-13-6-5-7-14-27/h5-21H,22H2,1-4H3,(H,33,36)(H,34,37). The van der Waals surface area contributed by atoms with Crippen LogP contribution in [-0.4, -0.2) is 33.0 Å². The molecule has 4 aromatic rings. The molecule has 0 aliphatic carbocycles. The first-order valence-corrected chi connectivity index (χ1v) is 14.9. The fourth-order valence-electron chi connectivity index (χ4n) is 4.08. The Morgan fingerprint density at radius 3 is 2.02 bits per heavy atom. The fourth-order valence-corrected chi connectivity index (χ4v) is 4.94. The molecule has 0 saturated heterocycles. The number of anilines is 3. The molecule has 0 aromatic heterocycles. The third kappa shape index (κ3) is 7.95. The van der Waals surface area contributed by atoms with Crippen molar-refractivity contribution < 1.29 is 22.7 Å². The molecule has 0 radical (unpaired) electrons. The van der Waals surface area contributed by atoms with Crippen molar-refractivity contribution in [2.24, 2.45) is 0 Å². The van der Waals surface area contributed by atoms with E-state index in [1.807, 2.05) is 18.2 Å². The molecule has 2 amide bonds. The van der Waals surface area contributed by atoms with E-state index >= 15 is 0 Å². The van der Waals surface area contributed by atoms with Crippen LogP contribution in [0.4, 0.5) is 17.1 Å². The zero-order chi connectivity index (χ0) is 29.6. The van der Waals surface area contributed by atoms with Crippen LogP contribution in [0.2, 0.25) is 0 Å². The van der Waals surface area contributed by atoms with Gasteiger partial charge in [0.05, 0.1) is 11.9 Å². The maximum Gasteiger partial charge on any atom is 0.255 e. The molecule has 0 heterocycles. The average Bonchev–Trinajstić information content (AvgIpc) is 2.92. The molecule has 4 aromatic carbocycles. The van der Waals surface area contributed by atoms with Gasteiger partial charge in [-0.25, -0.2) is 8.42 Å². The van der Waals surface area contributed by atoms with Crippen molar-refractivity contribution in [3.05, 3.63) is 114 Å². The minimum atomic E-state index is -3.85. The summed E-state index contributed by atoms with van der Waals surface area (Å²) < 4.78 is 32.4. The molecule has 0 spiro atoms. The molecule has 0 aliphatic rings. The van der Waals surface area contributed by atoms with E-state index in [1.54, 1.807) is 84.9 Å². The Morgan fingerprint density at radius 2 is 1.39 bits per heavy atom. The summed E-state index contributed by atoms with van der Waals surface area (Å²) in [5, 5.41) is 5.56. The Bertz CT molecular complexity index is 1630. The summed E-state index contributed by atoms with van der Waals surface area (Å²) in [7, 11) is -3.85. The summed E-state index contributed by atoms with van der Waals surface area (Å²) in [4.78, 5) is 25.8. The van der Waals surface area contributed by atoms with Crippen molar-refractivity contribution in [2.45, 2.75) is 26.2 Å². The lowest BCUT2D eigenvalue weighted by atomic mass is 9.87. The highest BCUT2D eigenvalue weighted by atomic mass is 32.2. The third-order valence-corrected chi connectivity index (χ3v) is 7.34. The second kappa shape index (κ2) is 12.3. The van der Waals surface area contributed by atoms with Crippen LogP contribution in [-0.2, 0) is 20.2 Å². The fraction of sp³-hybridized carbons (Fsp3) is 0.188. The monoisotopic (exact) mass is 571 g/mol. The Kier molecular flexibility index (Phi) is 8.78. The minimum Gasteiger partial charge on any atom is -0.455 e. The van der Waals surface area contributed by atoms with Crippen LogP contribution in [0, 0.1) is 0 Å². The highest BCUT2D eigenvalue weighted by Crippen LogP contribution is 2.33. The van der Waals surface area contributed by atoms with E-state index in [2.05, 4.69) is 31.4 Å². The van der Waals surface area contributed by atoms with Gasteiger partial charge in [0.1, 0.15) is 12.3 Å². The first-order chi connectivity index (χ1) is 19.4. The molecular formula is C32H33N3O5S. The van der Waals surface area contributed by atoms with Gasteiger partial charge in [-0.2, -0.15) is 0 Å². The Balaban J connectivity index is 1.47. The summed E-state index contributed by atoms with van der Waals surface area (Å²) in [6.07, 6.45) is 1.03. The number of nitrogens with one attached hydrogen (secondary N) is 2. The molecule has 8 nitrogen and oxygen atoms in total. The summed E-state index contributed by atoms with van der Waals surface area (Å²) in [6.45, 7) is 5.83. The predicted molar refractivity (Wildman–Crippen MR) is 163 cm³/mol. The molecule has 4 rings (SSSR count). The zero-order valence-electron chi connectivity index (χ0n) is 23.4. The van der Waals surface area contributed by atoms with Crippen molar-refractivity contribution in [1.82, 2.24) is 0 Å². The second-order valence-electron chi connectivity index (χ2n) is 10.6. The maximum atomic E-state index is 13.0. The topological polar surface area (TPSA) is 105 Å². The second-order valence-corrected chi connectivity index (χ2v) is 12.5. The maximum absolute atomic E-state index is 13.0. The smallest absolute Gasteiger partial charge is 0.255 e. The van der Waals surface area contributed by atoms with Crippen molar-refractivity contribution in [2.75, 3.05) is 27.7 Å². The number of carbonyl (C=O) groups excluding carboxylic acids is 2. The van der Waals surface area contributed by atoms with Crippen molar-refractivity contribution >= 4 is 38.9 Å². The van der Waals surface area contributed by atoms with Gasteiger partial charge in [-0.05, 0) is 65.6 Å². The number of nitrogens with zero attached hydrogens (tertiary/aromatic N) is 1. The normalized spacial score (nSPS) is 11.4. The van der Waals surface area contributed by atoms with Gasteiger partial charge in [0.15, 0.2) is 5.75 Å². The molecule has 212 valence electrons. The van der Waals surface area contributed by atoms with E-state index in [0.717, 1.165) is 16.1 Å². The number of sulfonamides is 1. The van der Waals surface area contributed by atoms with E-state index in [1.165, 1.54) is 0 Å². The molecule has 0 fully saturated rings. The Morgan fingerprint density at radius 1 is 0.780 bits per heavy atom. The molecule has 0 bridgehead atoms. The third-order valence-electron chi connectivity index (χ3n) is 6.21. The van der Waals surface area contributed by atoms with Gasteiger partial charge in [0.2, 0.25) is 15.9 Å². The van der Waals surface area contributed by atoms with E-state index in [9.17, 15) is 18.0 Å². The lowest BCUT2D eigenvalue weighted by molar-refractivity contribution is -0.114. The van der Waals surface area contributed by atoms with Gasteiger partial charge in [0, 0.05) is 16.9 Å². The van der Waals surface area contributed by atoms with Crippen molar-refractivity contribution in [3.63, 3.8) is 0 Å². The quantitative estimate of drug-likeness (QED) is 0.241. The number of ether oxygens (including phenoxy) is 1. The van der Waals surface area contributed by atoms with Crippen LogP contribution in [0.5, 0.6) is 11.5 Å². The Hall–Kier alpha value is -4.63. The molecule has 0 unspecified atom stereocenters. The molecule has 0 atom stereocenters. The van der Waals surface area contributed by atoms with Crippen LogP contribution in [0.1, 0.15) is 36.7 Å². The lowest BCUT2D eigenvalue weighted by Crippen LogP contribution is -2.37. The van der Waals surface area contributed by atoms with Crippen LogP contribution in [0.3, 0.4) is 0 Å². The molecule has 0 saturated carbocycles. The number of carbonyl (C=O) groups is 2. The van der Waals surface area contributed by atoms with Crippen LogP contribution in [0.15, 0.2) is 103 Å². The number of rotatable bonds is 9. The van der Waals surface area contributed by atoms with Crippen LogP contribution in [0.25, 0.3) is 0 Å². The lowest BCUT2D eigenvalue weighted by Gasteiger charge is -2.24. The van der Waals surface area contributed by atoms with Gasteiger partial charge in [0.25, 0.3) is 5.91 Å². The van der Waals surface area contributed by atoms with Crippen molar-refractivity contribution in [1.29, 1.82) is 0 Å². The van der Waals surface area contributed by atoms with Gasteiger partial charge < -0.3 is 15.4 Å². The average molecular weight is 572 g/mol. The van der Waals surface area contributed by atoms with E-state index in [-0.39, 0.29) is 22.8 Å². The number of hydrogen-bond donors (Lipinski definition) is 2. The largest absolute Gasteiger partial charge is 0.455 e. The van der Waals surface area contributed by atoms with Gasteiger partial charge in [-0.3, -0.25) is 13.9 Å². The zero-order valence-corrected chi connectivity index (χ0v) is 24.2. The number of hydrogen-bond acceptors (Lipinski definition) is 5. The van der Waals surface area contributed by atoms with Gasteiger partial charge in [-0.15, -0.1) is 0 Å². The molecule has 2 N–H and O–H groups in total. The summed E-state index contributed by atoms with van der Waals surface area (Å²) in [5.41, 5.74) is 2.72. The van der Waals surface area contributed by atoms with Crippen LogP contribution >= 0.6 is 0 Å². The SMILES string of the molecule is CC(C)(C)c1ccc(C(=O)Nc2cccc(NC(=O)CN(c3ccccc3Oc3ccccc3)S(C)(=O)=O)c2)cc1. The van der Waals surface area contributed by atoms with Gasteiger partial charge >= 0.3 is 0 Å². The number of para-hydroxylation sites is 3. The highest BCUT2D eigenvalue weighted by Gasteiger charge is 2.24. The highest BCUT2D eigenvalue weighted by molar-refractivity contribution is 7.92. The Labute approximate surface area is 241 Å². The predicted octanol–water partition coefficient (Wildman–Crippen LogP) is 6.43. The summed E-state index contributed by atoms with van der Waals surface area (Å²) >= 11 is 0. The summed E-state index contributed by atoms with van der Waals surface area (Å²) in [6, 6.07) is 29.6. The first-order valence-electron chi connectivity index (χ1n) is 13.0. The molecule has 41 heavy (non-hydrogen) atoms. The van der Waals surface area contributed by atoms with Gasteiger partial charge in [-0.1, -0.05) is 69.3 Å². The molecule has 9 heteroatoms. The number of amides is 2. The van der Waals surface area contributed by atoms with E-state index in [0.29, 0.717) is 22.7 Å². The van der Waals surface area contributed by atoms with Crippen LogP contribution < -0.4 is 19.7 Å². The summed E-state index contributed by atoms with van der Waals surface area (Å²) in [5.74, 6) is -0.0302. The molecule has 0 aliphatic heterocycles. The molecular weight excluding hydrogens is 538 g/mol. The van der Waals surface area contributed by atoms with E-state index < -0.39 is 22.5 Å². The number of benzene rings is 4. The first kappa shape index (κ1) is 29.4.